The Labute approximate surface area is 65.1 Å². The summed E-state index contributed by atoms with van der Waals surface area (Å²) in [6, 6.07) is -0.139. The van der Waals surface area contributed by atoms with E-state index in [2.05, 4.69) is 10.3 Å². The van der Waals surface area contributed by atoms with E-state index in [1.54, 1.807) is 25.0 Å². The van der Waals surface area contributed by atoms with Crippen LogP contribution in [-0.2, 0) is 11.8 Å². The van der Waals surface area contributed by atoms with E-state index >= 15 is 0 Å². The van der Waals surface area contributed by atoms with Crippen LogP contribution in [0, 0.1) is 0 Å². The molecule has 1 rings (SSSR count). The van der Waals surface area contributed by atoms with Crippen molar-refractivity contribution in [1.82, 2.24) is 15.0 Å². The maximum absolute atomic E-state index is 5.72. The van der Waals surface area contributed by atoms with Crippen molar-refractivity contribution >= 4 is 0 Å². The third-order valence-electron chi connectivity index (χ3n) is 1.48. The molecule has 62 valence electrons. The van der Waals surface area contributed by atoms with Gasteiger partial charge in [0.05, 0.1) is 24.5 Å². The molecule has 0 aromatic carbocycles. The highest BCUT2D eigenvalue weighted by Gasteiger charge is 2.09. The van der Waals surface area contributed by atoms with E-state index in [1.807, 2.05) is 0 Å². The molecular weight excluding hydrogens is 144 g/mol. The van der Waals surface area contributed by atoms with Crippen molar-refractivity contribution in [1.29, 1.82) is 0 Å². The molecule has 1 aromatic heterocycles. The summed E-state index contributed by atoms with van der Waals surface area (Å²) < 4.78 is 6.53. The minimum absolute atomic E-state index is 0.139. The number of ether oxygens (including phenoxy) is 1. The minimum atomic E-state index is -0.139. The normalized spacial score (nSPS) is 13.4. The Morgan fingerprint density at radius 3 is 3.00 bits per heavy atom. The number of aromatic nitrogens is 3. The first-order valence-electron chi connectivity index (χ1n) is 3.34. The number of nitrogens with zero attached hydrogens (tertiary/aromatic N) is 3. The van der Waals surface area contributed by atoms with Gasteiger partial charge in [0.1, 0.15) is 0 Å². The van der Waals surface area contributed by atoms with Gasteiger partial charge in [-0.05, 0) is 0 Å². The van der Waals surface area contributed by atoms with Crippen molar-refractivity contribution < 1.29 is 4.74 Å². The van der Waals surface area contributed by atoms with Gasteiger partial charge in [0.15, 0.2) is 0 Å². The summed E-state index contributed by atoms with van der Waals surface area (Å²) in [5.41, 5.74) is 6.61. The van der Waals surface area contributed by atoms with Gasteiger partial charge in [0.2, 0.25) is 0 Å². The highest BCUT2D eigenvalue weighted by atomic mass is 16.5. The van der Waals surface area contributed by atoms with Gasteiger partial charge >= 0.3 is 0 Å². The van der Waals surface area contributed by atoms with Crippen LogP contribution < -0.4 is 5.73 Å². The fourth-order valence-electron chi connectivity index (χ4n) is 0.898. The van der Waals surface area contributed by atoms with Crippen LogP contribution in [0.2, 0.25) is 0 Å². The summed E-state index contributed by atoms with van der Waals surface area (Å²) in [6.07, 6.45) is 1.64. The van der Waals surface area contributed by atoms with Crippen LogP contribution in [-0.4, -0.2) is 28.7 Å². The largest absolute Gasteiger partial charge is 0.383 e. The lowest BCUT2D eigenvalue weighted by molar-refractivity contribution is 0.178. The molecule has 11 heavy (non-hydrogen) atoms. The lowest BCUT2D eigenvalue weighted by Gasteiger charge is -2.08. The van der Waals surface area contributed by atoms with Crippen molar-refractivity contribution in [3.8, 4) is 0 Å². The zero-order valence-electron chi connectivity index (χ0n) is 6.69. The van der Waals surface area contributed by atoms with Gasteiger partial charge in [-0.1, -0.05) is 5.21 Å². The Balaban J connectivity index is 2.67. The predicted octanol–water partition coefficient (Wildman–Crippen LogP) is -0.539. The summed E-state index contributed by atoms with van der Waals surface area (Å²) in [4.78, 5) is 0. The molecule has 0 amide bonds. The highest BCUT2D eigenvalue weighted by Crippen LogP contribution is 2.05. The van der Waals surface area contributed by atoms with Crippen molar-refractivity contribution in [2.45, 2.75) is 6.04 Å². The van der Waals surface area contributed by atoms with E-state index in [0.717, 1.165) is 5.69 Å². The first kappa shape index (κ1) is 8.16. The van der Waals surface area contributed by atoms with Crippen LogP contribution in [0.4, 0.5) is 0 Å². The SMILES string of the molecule is COC[C@@H](N)c1cnnn1C. The summed E-state index contributed by atoms with van der Waals surface area (Å²) in [5, 5.41) is 7.45. The Kier molecular flexibility index (Phi) is 2.56. The van der Waals surface area contributed by atoms with E-state index in [4.69, 9.17) is 10.5 Å². The van der Waals surface area contributed by atoms with E-state index < -0.39 is 0 Å². The number of methoxy groups -OCH3 is 1. The number of rotatable bonds is 3. The van der Waals surface area contributed by atoms with Crippen molar-refractivity contribution in [2.24, 2.45) is 12.8 Å². The van der Waals surface area contributed by atoms with E-state index in [9.17, 15) is 0 Å². The van der Waals surface area contributed by atoms with Gasteiger partial charge in [-0.2, -0.15) is 0 Å². The topological polar surface area (TPSA) is 66.0 Å². The number of nitrogens with two attached hydrogens (primary N) is 1. The molecule has 1 aromatic rings. The van der Waals surface area contributed by atoms with E-state index in [-0.39, 0.29) is 6.04 Å². The number of hydrogen-bond donors (Lipinski definition) is 1. The maximum Gasteiger partial charge on any atom is 0.0774 e. The molecule has 0 saturated carbocycles. The second kappa shape index (κ2) is 3.45. The third-order valence-corrected chi connectivity index (χ3v) is 1.48. The molecular formula is C6H12N4O. The van der Waals surface area contributed by atoms with Crippen LogP contribution in [0.3, 0.4) is 0 Å². The van der Waals surface area contributed by atoms with Gasteiger partial charge in [0, 0.05) is 14.2 Å². The molecule has 1 atom stereocenters. The smallest absolute Gasteiger partial charge is 0.0774 e. The molecule has 0 aliphatic carbocycles. The quantitative estimate of drug-likeness (QED) is 0.638. The second-order valence-electron chi connectivity index (χ2n) is 2.34. The van der Waals surface area contributed by atoms with E-state index in [0.29, 0.717) is 6.61 Å². The predicted molar refractivity (Wildman–Crippen MR) is 39.8 cm³/mol. The van der Waals surface area contributed by atoms with Gasteiger partial charge in [0.25, 0.3) is 0 Å². The molecule has 0 fully saturated rings. The van der Waals surface area contributed by atoms with Crippen molar-refractivity contribution in [3.63, 3.8) is 0 Å². The minimum Gasteiger partial charge on any atom is -0.383 e. The van der Waals surface area contributed by atoms with Gasteiger partial charge < -0.3 is 10.5 Å². The molecule has 5 heteroatoms. The lowest BCUT2D eigenvalue weighted by Crippen LogP contribution is -2.19. The number of aryl methyl sites for hydroxylation is 1. The Hall–Kier alpha value is -0.940. The summed E-state index contributed by atoms with van der Waals surface area (Å²) in [6.45, 7) is 0.487. The van der Waals surface area contributed by atoms with Gasteiger partial charge in [-0.15, -0.1) is 5.10 Å². The zero-order valence-corrected chi connectivity index (χ0v) is 6.69. The standard InChI is InChI=1S/C6H12N4O/c1-10-6(3-8-9-10)5(7)4-11-2/h3,5H,4,7H2,1-2H3/t5-/m1/s1. The van der Waals surface area contributed by atoms with Crippen LogP contribution in [0.5, 0.6) is 0 Å². The van der Waals surface area contributed by atoms with Gasteiger partial charge in [-0.3, -0.25) is 4.68 Å². The Morgan fingerprint density at radius 1 is 1.82 bits per heavy atom. The molecule has 2 N–H and O–H groups in total. The molecule has 0 aliphatic rings. The first-order valence-corrected chi connectivity index (χ1v) is 3.34. The zero-order chi connectivity index (χ0) is 8.27. The highest BCUT2D eigenvalue weighted by molar-refractivity contribution is 5.00. The summed E-state index contributed by atoms with van der Waals surface area (Å²) in [7, 11) is 3.42. The average molecular weight is 156 g/mol. The van der Waals surface area contributed by atoms with Crippen LogP contribution in [0.1, 0.15) is 11.7 Å². The molecule has 0 unspecified atom stereocenters. The average Bonchev–Trinajstić information content (AvgIpc) is 2.36. The lowest BCUT2D eigenvalue weighted by atomic mass is 10.2. The molecule has 0 bridgehead atoms. The third kappa shape index (κ3) is 1.75. The number of hydrogen-bond acceptors (Lipinski definition) is 4. The molecule has 5 nitrogen and oxygen atoms in total. The van der Waals surface area contributed by atoms with E-state index in [1.165, 1.54) is 0 Å². The van der Waals surface area contributed by atoms with Crippen molar-refractivity contribution in [2.75, 3.05) is 13.7 Å². The van der Waals surface area contributed by atoms with Crippen LogP contribution in [0.25, 0.3) is 0 Å². The second-order valence-corrected chi connectivity index (χ2v) is 2.34. The van der Waals surface area contributed by atoms with Gasteiger partial charge in [-0.25, -0.2) is 0 Å². The fraction of sp³-hybridized carbons (Fsp3) is 0.667. The maximum atomic E-state index is 5.72. The van der Waals surface area contributed by atoms with Crippen molar-refractivity contribution in [3.05, 3.63) is 11.9 Å². The summed E-state index contributed by atoms with van der Waals surface area (Å²) in [5.74, 6) is 0. The molecule has 0 aliphatic heterocycles. The summed E-state index contributed by atoms with van der Waals surface area (Å²) >= 11 is 0. The first-order chi connectivity index (χ1) is 5.25. The molecule has 0 saturated heterocycles. The van der Waals surface area contributed by atoms with Crippen LogP contribution in [0.15, 0.2) is 6.20 Å². The Morgan fingerprint density at radius 2 is 2.55 bits per heavy atom. The fourth-order valence-corrected chi connectivity index (χ4v) is 0.898. The Bertz CT molecular complexity index is 222. The molecule has 1 heterocycles. The van der Waals surface area contributed by atoms with Crippen LogP contribution >= 0.6 is 0 Å². The monoisotopic (exact) mass is 156 g/mol. The molecule has 0 radical (unpaired) electrons. The molecule has 0 spiro atoms.